The Labute approximate surface area is 123 Å². The molecule has 2 saturated heterocycles. The number of nitrogens with zero attached hydrogens (tertiary/aromatic N) is 3. The fourth-order valence-electron chi connectivity index (χ4n) is 3.13. The highest BCUT2D eigenvalue weighted by Crippen LogP contribution is 2.27. The summed E-state index contributed by atoms with van der Waals surface area (Å²) < 4.78 is 1.82. The van der Waals surface area contributed by atoms with Gasteiger partial charge in [-0.2, -0.15) is 5.10 Å². The molecule has 2 aliphatic heterocycles. The molecule has 3 heterocycles. The summed E-state index contributed by atoms with van der Waals surface area (Å²) in [6, 6.07) is 1.61. The van der Waals surface area contributed by atoms with E-state index in [0.717, 1.165) is 13.1 Å². The van der Waals surface area contributed by atoms with Crippen molar-refractivity contribution >= 4 is 11.9 Å². The third kappa shape index (κ3) is 2.65. The van der Waals surface area contributed by atoms with Gasteiger partial charge in [0.05, 0.1) is 0 Å². The molecule has 3 rings (SSSR count). The minimum absolute atomic E-state index is 0.0682. The molecule has 0 aromatic carbocycles. The van der Waals surface area contributed by atoms with Crippen molar-refractivity contribution in [3.05, 3.63) is 18.5 Å². The van der Waals surface area contributed by atoms with E-state index < -0.39 is 5.54 Å². The molecule has 0 bridgehead atoms. The lowest BCUT2D eigenvalue weighted by molar-refractivity contribution is -0.132. The highest BCUT2D eigenvalue weighted by atomic mass is 16.2. The Balaban J connectivity index is 1.65. The number of piperidine rings is 1. The van der Waals surface area contributed by atoms with Crippen molar-refractivity contribution in [1.29, 1.82) is 0 Å². The van der Waals surface area contributed by atoms with Crippen molar-refractivity contribution in [3.8, 4) is 0 Å². The SMILES string of the molecule is C[C@@H](CN1C(=O)NC2(CCNCC2)C1=O)Cn1cccn1. The third-order valence-electron chi connectivity index (χ3n) is 4.26. The van der Waals surface area contributed by atoms with Gasteiger partial charge in [0.2, 0.25) is 0 Å². The number of hydrogen-bond acceptors (Lipinski definition) is 4. The van der Waals surface area contributed by atoms with Crippen LogP contribution >= 0.6 is 0 Å². The molecule has 1 aromatic rings. The Morgan fingerprint density at radius 1 is 1.33 bits per heavy atom. The predicted molar refractivity (Wildman–Crippen MR) is 76.5 cm³/mol. The zero-order chi connectivity index (χ0) is 14.9. The van der Waals surface area contributed by atoms with Crippen molar-refractivity contribution in [2.24, 2.45) is 5.92 Å². The van der Waals surface area contributed by atoms with Crippen molar-refractivity contribution in [1.82, 2.24) is 25.3 Å². The summed E-state index contributed by atoms with van der Waals surface area (Å²) in [7, 11) is 0. The lowest BCUT2D eigenvalue weighted by Crippen LogP contribution is -2.54. The molecule has 2 N–H and O–H groups in total. The van der Waals surface area contributed by atoms with Crippen LogP contribution in [0.25, 0.3) is 0 Å². The van der Waals surface area contributed by atoms with Crippen molar-refractivity contribution in [3.63, 3.8) is 0 Å². The van der Waals surface area contributed by atoms with Gasteiger partial charge in [-0.1, -0.05) is 6.92 Å². The molecule has 21 heavy (non-hydrogen) atoms. The van der Waals surface area contributed by atoms with Gasteiger partial charge >= 0.3 is 6.03 Å². The average molecular weight is 291 g/mol. The van der Waals surface area contributed by atoms with Gasteiger partial charge in [0.15, 0.2) is 0 Å². The maximum Gasteiger partial charge on any atom is 0.325 e. The summed E-state index contributed by atoms with van der Waals surface area (Å²) in [5, 5.41) is 10.3. The molecule has 1 spiro atoms. The minimum atomic E-state index is -0.673. The van der Waals surface area contributed by atoms with E-state index in [1.807, 2.05) is 23.9 Å². The van der Waals surface area contributed by atoms with E-state index in [9.17, 15) is 9.59 Å². The van der Waals surface area contributed by atoms with Crippen molar-refractivity contribution in [2.75, 3.05) is 19.6 Å². The molecular weight excluding hydrogens is 270 g/mol. The van der Waals surface area contributed by atoms with Crippen LogP contribution in [-0.2, 0) is 11.3 Å². The molecule has 0 saturated carbocycles. The number of rotatable bonds is 4. The molecule has 0 aliphatic carbocycles. The van der Waals surface area contributed by atoms with Gasteiger partial charge in [0.25, 0.3) is 5.91 Å². The number of aromatic nitrogens is 2. The molecular formula is C14H21N5O2. The molecule has 1 atom stereocenters. The first kappa shape index (κ1) is 14.1. The second-order valence-electron chi connectivity index (χ2n) is 6.01. The van der Waals surface area contributed by atoms with E-state index in [4.69, 9.17) is 0 Å². The number of hydrogen-bond donors (Lipinski definition) is 2. The van der Waals surface area contributed by atoms with Gasteiger partial charge in [0, 0.05) is 25.5 Å². The van der Waals surface area contributed by atoms with E-state index >= 15 is 0 Å². The zero-order valence-electron chi connectivity index (χ0n) is 12.2. The maximum absolute atomic E-state index is 12.6. The molecule has 2 fully saturated rings. The number of nitrogens with one attached hydrogen (secondary N) is 2. The first-order valence-electron chi connectivity index (χ1n) is 7.43. The van der Waals surface area contributed by atoms with Crippen molar-refractivity contribution in [2.45, 2.75) is 31.8 Å². The van der Waals surface area contributed by atoms with Crippen molar-refractivity contribution < 1.29 is 9.59 Å². The standard InChI is InChI=1S/C14H21N5O2/c1-11(9-18-8-2-5-16-18)10-19-12(20)14(17-13(19)21)3-6-15-7-4-14/h2,5,8,11,15H,3-4,6-7,9-10H2,1H3,(H,17,21)/t11-/m1/s1. The molecule has 3 amide bonds. The van der Waals surface area contributed by atoms with Gasteiger partial charge in [0.1, 0.15) is 5.54 Å². The van der Waals surface area contributed by atoms with E-state index in [1.165, 1.54) is 4.90 Å². The second-order valence-corrected chi connectivity index (χ2v) is 6.01. The van der Waals surface area contributed by atoms with Crippen LogP contribution in [0.15, 0.2) is 18.5 Å². The molecule has 1 aromatic heterocycles. The lowest BCUT2D eigenvalue weighted by Gasteiger charge is -2.31. The summed E-state index contributed by atoms with van der Waals surface area (Å²) in [5.74, 6) is 0.0952. The molecule has 0 unspecified atom stereocenters. The van der Waals surface area contributed by atoms with Gasteiger partial charge in [-0.3, -0.25) is 14.4 Å². The van der Waals surface area contributed by atoms with Gasteiger partial charge < -0.3 is 10.6 Å². The van der Waals surface area contributed by atoms with Crippen LogP contribution in [0.2, 0.25) is 0 Å². The quantitative estimate of drug-likeness (QED) is 0.776. The Bertz CT molecular complexity index is 521. The first-order chi connectivity index (χ1) is 10.1. The lowest BCUT2D eigenvalue weighted by atomic mass is 9.88. The summed E-state index contributed by atoms with van der Waals surface area (Å²) in [6.07, 6.45) is 4.95. The molecule has 2 aliphatic rings. The highest BCUT2D eigenvalue weighted by Gasteiger charge is 2.51. The number of amides is 3. The number of urea groups is 1. The third-order valence-corrected chi connectivity index (χ3v) is 4.26. The monoisotopic (exact) mass is 291 g/mol. The number of imide groups is 1. The Hall–Kier alpha value is -1.89. The topological polar surface area (TPSA) is 79.3 Å². The molecule has 7 nitrogen and oxygen atoms in total. The first-order valence-corrected chi connectivity index (χ1v) is 7.43. The molecule has 114 valence electrons. The molecule has 0 radical (unpaired) electrons. The normalized spacial score (nSPS) is 22.6. The van der Waals surface area contributed by atoms with Crippen LogP contribution < -0.4 is 10.6 Å². The largest absolute Gasteiger partial charge is 0.325 e. The Morgan fingerprint density at radius 2 is 2.10 bits per heavy atom. The zero-order valence-corrected chi connectivity index (χ0v) is 12.2. The second kappa shape index (κ2) is 5.48. The number of carbonyl (C=O) groups excluding carboxylic acids is 2. The van der Waals surface area contributed by atoms with Crippen LogP contribution in [0, 0.1) is 5.92 Å². The maximum atomic E-state index is 12.6. The fourth-order valence-corrected chi connectivity index (χ4v) is 3.13. The Morgan fingerprint density at radius 3 is 2.76 bits per heavy atom. The van der Waals surface area contributed by atoms with Gasteiger partial charge in [-0.05, 0) is 37.9 Å². The predicted octanol–water partition coefficient (Wildman–Crippen LogP) is 0.193. The average Bonchev–Trinajstić information content (AvgIpc) is 3.04. The van der Waals surface area contributed by atoms with E-state index in [1.54, 1.807) is 6.20 Å². The van der Waals surface area contributed by atoms with Gasteiger partial charge in [-0.15, -0.1) is 0 Å². The van der Waals surface area contributed by atoms with Crippen LogP contribution in [0.4, 0.5) is 4.79 Å². The van der Waals surface area contributed by atoms with E-state index in [-0.39, 0.29) is 17.9 Å². The van der Waals surface area contributed by atoms with Crippen LogP contribution in [-0.4, -0.2) is 51.8 Å². The van der Waals surface area contributed by atoms with E-state index in [2.05, 4.69) is 15.7 Å². The molecule has 7 heteroatoms. The Kier molecular flexibility index (Phi) is 3.67. The minimum Gasteiger partial charge on any atom is -0.323 e. The van der Waals surface area contributed by atoms with E-state index in [0.29, 0.717) is 25.9 Å². The summed E-state index contributed by atoms with van der Waals surface area (Å²) in [4.78, 5) is 26.1. The fraction of sp³-hybridized carbons (Fsp3) is 0.643. The summed E-state index contributed by atoms with van der Waals surface area (Å²) >= 11 is 0. The summed E-state index contributed by atoms with van der Waals surface area (Å²) in [5.41, 5.74) is -0.673. The smallest absolute Gasteiger partial charge is 0.323 e. The van der Waals surface area contributed by atoms with Crippen LogP contribution in [0.3, 0.4) is 0 Å². The summed E-state index contributed by atoms with van der Waals surface area (Å²) in [6.45, 7) is 4.68. The van der Waals surface area contributed by atoms with Gasteiger partial charge in [-0.25, -0.2) is 4.79 Å². The number of carbonyl (C=O) groups is 2. The highest BCUT2D eigenvalue weighted by molar-refractivity contribution is 6.07. The van der Waals surface area contributed by atoms with Crippen LogP contribution in [0.5, 0.6) is 0 Å². The van der Waals surface area contributed by atoms with Crippen LogP contribution in [0.1, 0.15) is 19.8 Å².